The predicted molar refractivity (Wildman–Crippen MR) is 259 cm³/mol. The number of allylic oxidation sites excluding steroid dienone is 18. The van der Waals surface area contributed by atoms with E-state index in [1.165, 1.54) is 44.5 Å². The van der Waals surface area contributed by atoms with Crippen LogP contribution in [-0.2, 0) is 6.42 Å². The number of rotatable bonds is 16. The van der Waals surface area contributed by atoms with Gasteiger partial charge in [-0.1, -0.05) is 207 Å². The van der Waals surface area contributed by atoms with Gasteiger partial charge in [-0.05, 0) is 120 Å². The van der Waals surface area contributed by atoms with Crippen molar-refractivity contribution >= 4 is 16.8 Å². The maximum Gasteiger partial charge on any atom is 0.0540 e. The monoisotopic (exact) mass is 765 g/mol. The third kappa shape index (κ3) is 11.1. The van der Waals surface area contributed by atoms with Crippen molar-refractivity contribution in [2.75, 3.05) is 4.90 Å². The average Bonchev–Trinajstić information content (AvgIpc) is 3.58. The molecule has 0 amide bonds. The summed E-state index contributed by atoms with van der Waals surface area (Å²) in [6, 6.07) is 45.8. The maximum atomic E-state index is 4.76. The Hall–Kier alpha value is -6.96. The molecule has 59 heavy (non-hydrogen) atoms. The Morgan fingerprint density at radius 1 is 0.661 bits per heavy atom. The highest BCUT2D eigenvalue weighted by molar-refractivity contribution is 5.88. The van der Waals surface area contributed by atoms with Gasteiger partial charge in [0.2, 0.25) is 0 Å². The fraction of sp³-hybridized carbons (Fsp3) is 0.103. The minimum atomic E-state index is 0.792. The molecule has 5 aromatic rings. The highest BCUT2D eigenvalue weighted by Gasteiger charge is 2.19. The van der Waals surface area contributed by atoms with Gasteiger partial charge in [-0.2, -0.15) is 0 Å². The van der Waals surface area contributed by atoms with Crippen molar-refractivity contribution < 1.29 is 0 Å². The van der Waals surface area contributed by atoms with Crippen molar-refractivity contribution in [2.45, 2.75) is 40.0 Å². The summed E-state index contributed by atoms with van der Waals surface area (Å²) in [5, 5.41) is 0. The van der Waals surface area contributed by atoms with Gasteiger partial charge in [-0.15, -0.1) is 0 Å². The van der Waals surface area contributed by atoms with Crippen LogP contribution in [-0.4, -0.2) is 0 Å². The second-order valence-corrected chi connectivity index (χ2v) is 14.4. The summed E-state index contributed by atoms with van der Waals surface area (Å²) in [4.78, 5) is 2.29. The van der Waals surface area contributed by atoms with Crippen LogP contribution in [0.5, 0.6) is 0 Å². The van der Waals surface area contributed by atoms with E-state index >= 15 is 0 Å². The molecule has 0 saturated carbocycles. The van der Waals surface area contributed by atoms with Crippen molar-refractivity contribution in [3.05, 3.63) is 271 Å². The Kier molecular flexibility index (Phi) is 15.2. The van der Waals surface area contributed by atoms with Crippen LogP contribution < -0.4 is 4.90 Å². The number of hydrogen-bond donors (Lipinski definition) is 0. The van der Waals surface area contributed by atoms with Crippen LogP contribution in [0.4, 0.5) is 5.69 Å². The molecule has 5 aromatic carbocycles. The van der Waals surface area contributed by atoms with E-state index in [0.29, 0.717) is 0 Å². The maximum absolute atomic E-state index is 4.76. The molecule has 0 N–H and O–H groups in total. The van der Waals surface area contributed by atoms with E-state index in [4.69, 9.17) is 6.58 Å². The Bertz CT molecular complexity index is 2490. The standard InChI is InChI=1S/C58H55N/c1-6-10-25-46(7-2)28-24-35-55(9-4)59(58-41-39-53(49-29-18-11-12-19-30-49)44-57(58)51-33-22-15-23-34-51)45(5)36-37-48(8-3)52-38-40-56(50-31-20-14-21-32-50)54(43-52)42-47-26-16-13-17-27-47/h6-18,20-27,29-41,43-44H,1,5,19,28,42H2,2-4H3/b25-10-,35-24-,37-36-,46-7+,48-8+,55-9-. The molecule has 0 saturated heterocycles. The predicted octanol–water partition coefficient (Wildman–Crippen LogP) is 16.0. The van der Waals surface area contributed by atoms with E-state index in [-0.39, 0.29) is 0 Å². The van der Waals surface area contributed by atoms with Gasteiger partial charge < -0.3 is 4.90 Å². The molecule has 1 aliphatic carbocycles. The van der Waals surface area contributed by atoms with Crippen molar-refractivity contribution in [3.63, 3.8) is 0 Å². The average molecular weight is 766 g/mol. The fourth-order valence-electron chi connectivity index (χ4n) is 7.36. The number of benzene rings is 5. The van der Waals surface area contributed by atoms with Crippen molar-refractivity contribution in [1.29, 1.82) is 0 Å². The molecular formula is C58H55N. The molecule has 6 rings (SSSR count). The van der Waals surface area contributed by atoms with Gasteiger partial charge in [0, 0.05) is 17.0 Å². The Morgan fingerprint density at radius 3 is 2.05 bits per heavy atom. The van der Waals surface area contributed by atoms with Gasteiger partial charge in [0.25, 0.3) is 0 Å². The first-order valence-corrected chi connectivity index (χ1v) is 20.6. The first-order valence-electron chi connectivity index (χ1n) is 20.6. The van der Waals surface area contributed by atoms with Gasteiger partial charge in [-0.3, -0.25) is 0 Å². The molecule has 0 heterocycles. The second-order valence-electron chi connectivity index (χ2n) is 14.4. The quantitative estimate of drug-likeness (QED) is 0.0904. The second kappa shape index (κ2) is 21.5. The van der Waals surface area contributed by atoms with Crippen LogP contribution >= 0.6 is 0 Å². The summed E-state index contributed by atoms with van der Waals surface area (Å²) in [6.07, 6.45) is 34.7. The zero-order valence-electron chi connectivity index (χ0n) is 34.8. The van der Waals surface area contributed by atoms with Crippen LogP contribution in [0.3, 0.4) is 0 Å². The lowest BCUT2D eigenvalue weighted by atomic mass is 9.91. The highest BCUT2D eigenvalue weighted by atomic mass is 15.2. The first-order chi connectivity index (χ1) is 29.0. The van der Waals surface area contributed by atoms with E-state index in [0.717, 1.165) is 53.0 Å². The molecule has 0 aliphatic heterocycles. The fourth-order valence-corrected chi connectivity index (χ4v) is 7.36. The summed E-state index contributed by atoms with van der Waals surface area (Å²) in [5.41, 5.74) is 16.2. The third-order valence-electron chi connectivity index (χ3n) is 10.5. The third-order valence-corrected chi connectivity index (χ3v) is 10.5. The van der Waals surface area contributed by atoms with Crippen LogP contribution in [0.15, 0.2) is 249 Å². The SMILES string of the molecule is C=C/C=C\C(=C/C)C/C=C\C(=C\C)N(C(=C)/C=C\C(=C/C)c1ccc(-c2ccccc2)c(Cc2ccccc2)c1)c1ccc(C2=CCC=CC=C2)cc1-c1ccccc1. The zero-order valence-corrected chi connectivity index (χ0v) is 34.8. The van der Waals surface area contributed by atoms with E-state index in [1.807, 2.05) is 12.2 Å². The number of hydrogen-bond acceptors (Lipinski definition) is 1. The summed E-state index contributed by atoms with van der Waals surface area (Å²) in [7, 11) is 0. The Labute approximate surface area is 353 Å². The molecule has 0 bridgehead atoms. The smallest absolute Gasteiger partial charge is 0.0540 e. The summed E-state index contributed by atoms with van der Waals surface area (Å²) in [6.45, 7) is 14.9. The van der Waals surface area contributed by atoms with Crippen molar-refractivity contribution in [2.24, 2.45) is 0 Å². The lowest BCUT2D eigenvalue weighted by Gasteiger charge is -2.29. The highest BCUT2D eigenvalue weighted by Crippen LogP contribution is 2.39. The van der Waals surface area contributed by atoms with Gasteiger partial charge in [0.15, 0.2) is 0 Å². The van der Waals surface area contributed by atoms with Crippen LogP contribution in [0.1, 0.15) is 55.9 Å². The first kappa shape index (κ1) is 41.7. The number of anilines is 1. The van der Waals surface area contributed by atoms with E-state index in [9.17, 15) is 0 Å². The van der Waals surface area contributed by atoms with Crippen LogP contribution in [0.25, 0.3) is 33.4 Å². The topological polar surface area (TPSA) is 3.24 Å². The van der Waals surface area contributed by atoms with Crippen LogP contribution in [0.2, 0.25) is 0 Å². The van der Waals surface area contributed by atoms with Crippen molar-refractivity contribution in [1.82, 2.24) is 0 Å². The van der Waals surface area contributed by atoms with Crippen molar-refractivity contribution in [3.8, 4) is 22.3 Å². The molecule has 1 aliphatic rings. The minimum absolute atomic E-state index is 0.792. The molecule has 0 atom stereocenters. The lowest BCUT2D eigenvalue weighted by molar-refractivity contribution is 1.13. The number of nitrogens with zero attached hydrogens (tertiary/aromatic N) is 1. The minimum Gasteiger partial charge on any atom is -0.311 e. The normalized spacial score (nSPS) is 13.6. The molecule has 0 fully saturated rings. The van der Waals surface area contributed by atoms with E-state index in [2.05, 4.69) is 239 Å². The Morgan fingerprint density at radius 2 is 1.37 bits per heavy atom. The molecule has 1 heteroatoms. The molecule has 1 nitrogen and oxygen atoms in total. The lowest BCUT2D eigenvalue weighted by Crippen LogP contribution is -2.20. The van der Waals surface area contributed by atoms with E-state index in [1.54, 1.807) is 0 Å². The molecule has 0 radical (unpaired) electrons. The summed E-state index contributed by atoms with van der Waals surface area (Å²) < 4.78 is 0. The largest absolute Gasteiger partial charge is 0.311 e. The van der Waals surface area contributed by atoms with Gasteiger partial charge in [0.05, 0.1) is 5.69 Å². The molecular weight excluding hydrogens is 711 g/mol. The molecule has 0 spiro atoms. The summed E-state index contributed by atoms with van der Waals surface area (Å²) in [5.74, 6) is 0. The van der Waals surface area contributed by atoms with Gasteiger partial charge in [-0.25, -0.2) is 0 Å². The Balaban J connectivity index is 1.42. The van der Waals surface area contributed by atoms with Crippen LogP contribution in [0, 0.1) is 0 Å². The molecule has 0 aromatic heterocycles. The summed E-state index contributed by atoms with van der Waals surface area (Å²) >= 11 is 0. The van der Waals surface area contributed by atoms with Gasteiger partial charge in [0.1, 0.15) is 0 Å². The molecule has 0 unspecified atom stereocenters. The zero-order chi connectivity index (χ0) is 41.2. The molecule has 292 valence electrons. The van der Waals surface area contributed by atoms with Gasteiger partial charge >= 0.3 is 0 Å². The van der Waals surface area contributed by atoms with E-state index < -0.39 is 0 Å².